The molecule has 5 heteroatoms. The van der Waals surface area contributed by atoms with Crippen LogP contribution in [0, 0.1) is 26.2 Å². The van der Waals surface area contributed by atoms with Gasteiger partial charge in [-0.15, -0.1) is 0 Å². The summed E-state index contributed by atoms with van der Waals surface area (Å²) in [4.78, 5) is 6.55. The maximum absolute atomic E-state index is 10.7. The van der Waals surface area contributed by atoms with Crippen molar-refractivity contribution in [1.29, 1.82) is 5.41 Å². The summed E-state index contributed by atoms with van der Waals surface area (Å²) in [6.45, 7) is 6.38. The Morgan fingerprint density at radius 2 is 1.73 bits per heavy atom. The number of hydrogen-bond acceptors (Lipinski definition) is 3. The maximum atomic E-state index is 10.7. The number of aliphatic hydroxyl groups excluding tert-OH is 1. The van der Waals surface area contributed by atoms with Gasteiger partial charge < -0.3 is 14.6 Å². The highest BCUT2D eigenvalue weighted by Crippen LogP contribution is 2.33. The number of nitrogens with zero attached hydrogens (tertiary/aromatic N) is 3. The molecule has 0 fully saturated rings. The summed E-state index contributed by atoms with van der Waals surface area (Å²) in [6.07, 6.45) is 0. The van der Waals surface area contributed by atoms with E-state index in [2.05, 4.69) is 12.1 Å². The van der Waals surface area contributed by atoms with Crippen LogP contribution in [0.25, 0.3) is 16.6 Å². The SMILES string of the molecule is Cc1ccc(C)c(N2CC(O)=C(c3nc4cc(C)ccc4n3C)C2=N)c1. The first-order chi connectivity index (χ1) is 12.4. The summed E-state index contributed by atoms with van der Waals surface area (Å²) >= 11 is 0. The Labute approximate surface area is 152 Å². The molecular weight excluding hydrogens is 324 g/mol. The molecule has 0 radical (unpaired) electrons. The highest BCUT2D eigenvalue weighted by Gasteiger charge is 2.32. The van der Waals surface area contributed by atoms with Gasteiger partial charge in [-0.2, -0.15) is 0 Å². The fourth-order valence-corrected chi connectivity index (χ4v) is 3.56. The standard InChI is InChI=1S/C21H22N4O/c1-12-6-8-16-15(9-12)23-21(24(16)4)19-18(26)11-25(20(19)22)17-10-13(2)5-7-14(17)3/h5-10,22,26H,11H2,1-4H3. The number of imidazole rings is 1. The van der Waals surface area contributed by atoms with Gasteiger partial charge in [-0.3, -0.25) is 5.41 Å². The maximum Gasteiger partial charge on any atom is 0.148 e. The zero-order valence-electron chi connectivity index (χ0n) is 15.5. The highest BCUT2D eigenvalue weighted by atomic mass is 16.3. The Morgan fingerprint density at radius 1 is 1.04 bits per heavy atom. The average Bonchev–Trinajstić information content (AvgIpc) is 3.06. The van der Waals surface area contributed by atoms with E-state index in [9.17, 15) is 5.11 Å². The van der Waals surface area contributed by atoms with Crippen molar-refractivity contribution in [3.05, 3.63) is 64.7 Å². The Hall–Kier alpha value is -3.08. The molecule has 0 saturated heterocycles. The third-order valence-electron chi connectivity index (χ3n) is 5.02. The number of amidine groups is 1. The number of hydrogen-bond donors (Lipinski definition) is 2. The van der Waals surface area contributed by atoms with E-state index in [0.29, 0.717) is 17.9 Å². The van der Waals surface area contributed by atoms with Gasteiger partial charge in [-0.05, 0) is 55.7 Å². The average molecular weight is 346 g/mol. The van der Waals surface area contributed by atoms with Gasteiger partial charge in [-0.25, -0.2) is 4.98 Å². The summed E-state index contributed by atoms with van der Waals surface area (Å²) in [7, 11) is 1.92. The van der Waals surface area contributed by atoms with Crippen LogP contribution in [0.4, 0.5) is 5.69 Å². The molecule has 26 heavy (non-hydrogen) atoms. The Balaban J connectivity index is 1.81. The third-order valence-corrected chi connectivity index (χ3v) is 5.02. The van der Waals surface area contributed by atoms with Gasteiger partial charge in [0.15, 0.2) is 0 Å². The van der Waals surface area contributed by atoms with Crippen molar-refractivity contribution in [2.45, 2.75) is 20.8 Å². The van der Waals surface area contributed by atoms with Crippen molar-refractivity contribution < 1.29 is 5.11 Å². The zero-order valence-corrected chi connectivity index (χ0v) is 15.5. The third kappa shape index (κ3) is 2.39. The first-order valence-corrected chi connectivity index (χ1v) is 8.66. The molecule has 132 valence electrons. The number of fused-ring (bicyclic) bond motifs is 1. The van der Waals surface area contributed by atoms with Crippen molar-refractivity contribution >= 4 is 28.1 Å². The summed E-state index contributed by atoms with van der Waals surface area (Å²) in [5, 5.41) is 19.4. The van der Waals surface area contributed by atoms with E-state index in [1.54, 1.807) is 0 Å². The Bertz CT molecular complexity index is 1090. The molecule has 2 heterocycles. The lowest BCUT2D eigenvalue weighted by atomic mass is 10.1. The van der Waals surface area contributed by atoms with E-state index in [1.165, 1.54) is 0 Å². The fourth-order valence-electron chi connectivity index (χ4n) is 3.56. The van der Waals surface area contributed by atoms with Crippen LogP contribution in [-0.4, -0.2) is 27.0 Å². The van der Waals surface area contributed by atoms with E-state index in [4.69, 9.17) is 10.4 Å². The first-order valence-electron chi connectivity index (χ1n) is 8.66. The van der Waals surface area contributed by atoms with Crippen molar-refractivity contribution in [3.63, 3.8) is 0 Å². The second-order valence-electron chi connectivity index (χ2n) is 7.03. The van der Waals surface area contributed by atoms with Crippen LogP contribution in [0.2, 0.25) is 0 Å². The van der Waals surface area contributed by atoms with Crippen molar-refractivity contribution in [2.24, 2.45) is 7.05 Å². The van der Waals surface area contributed by atoms with Crippen LogP contribution < -0.4 is 4.90 Å². The summed E-state index contributed by atoms with van der Waals surface area (Å²) < 4.78 is 1.95. The molecule has 1 aliphatic heterocycles. The number of rotatable bonds is 2. The van der Waals surface area contributed by atoms with Gasteiger partial charge in [0.2, 0.25) is 0 Å². The van der Waals surface area contributed by atoms with Gasteiger partial charge >= 0.3 is 0 Å². The minimum Gasteiger partial charge on any atom is -0.509 e. The molecule has 0 unspecified atom stereocenters. The van der Waals surface area contributed by atoms with Gasteiger partial charge in [0.1, 0.15) is 17.4 Å². The molecule has 0 aliphatic carbocycles. The molecule has 2 N–H and O–H groups in total. The summed E-state index contributed by atoms with van der Waals surface area (Å²) in [5.74, 6) is 1.10. The Morgan fingerprint density at radius 3 is 2.50 bits per heavy atom. The lowest BCUT2D eigenvalue weighted by molar-refractivity contribution is 0.411. The second-order valence-corrected chi connectivity index (χ2v) is 7.03. The predicted octanol–water partition coefficient (Wildman–Crippen LogP) is 4.27. The number of anilines is 1. The molecule has 0 bridgehead atoms. The zero-order chi connectivity index (χ0) is 18.6. The number of aryl methyl sites for hydroxylation is 4. The number of aromatic nitrogens is 2. The topological polar surface area (TPSA) is 65.1 Å². The van der Waals surface area contributed by atoms with Crippen LogP contribution >= 0.6 is 0 Å². The van der Waals surface area contributed by atoms with Crippen LogP contribution in [0.1, 0.15) is 22.5 Å². The van der Waals surface area contributed by atoms with Crippen LogP contribution in [0.5, 0.6) is 0 Å². The van der Waals surface area contributed by atoms with Gasteiger partial charge in [0, 0.05) is 12.7 Å². The second kappa shape index (κ2) is 5.73. The van der Waals surface area contributed by atoms with Crippen molar-refractivity contribution in [3.8, 4) is 0 Å². The molecular formula is C21H22N4O. The monoisotopic (exact) mass is 346 g/mol. The largest absolute Gasteiger partial charge is 0.509 e. The lowest BCUT2D eigenvalue weighted by Gasteiger charge is -2.21. The number of nitrogens with one attached hydrogen (secondary N) is 1. The minimum atomic E-state index is 0.186. The minimum absolute atomic E-state index is 0.186. The molecule has 0 atom stereocenters. The molecule has 0 spiro atoms. The van der Waals surface area contributed by atoms with E-state index >= 15 is 0 Å². The highest BCUT2D eigenvalue weighted by molar-refractivity contribution is 6.30. The molecule has 0 saturated carbocycles. The number of aliphatic hydroxyl groups is 1. The van der Waals surface area contributed by atoms with E-state index in [1.807, 2.05) is 61.6 Å². The lowest BCUT2D eigenvalue weighted by Crippen LogP contribution is -2.27. The van der Waals surface area contributed by atoms with Gasteiger partial charge in [0.05, 0.1) is 23.2 Å². The first kappa shape index (κ1) is 16.4. The van der Waals surface area contributed by atoms with Crippen LogP contribution in [0.15, 0.2) is 42.2 Å². The van der Waals surface area contributed by atoms with Gasteiger partial charge in [-0.1, -0.05) is 18.2 Å². The Kier molecular flexibility index (Phi) is 3.61. The molecule has 5 nitrogen and oxygen atoms in total. The van der Waals surface area contributed by atoms with Crippen molar-refractivity contribution in [2.75, 3.05) is 11.4 Å². The van der Waals surface area contributed by atoms with Crippen LogP contribution in [0.3, 0.4) is 0 Å². The molecule has 1 aliphatic rings. The molecule has 2 aromatic carbocycles. The molecule has 0 amide bonds. The fraction of sp³-hybridized carbons (Fsp3) is 0.238. The normalized spacial score (nSPS) is 14.8. The van der Waals surface area contributed by atoms with Gasteiger partial charge in [0.25, 0.3) is 0 Å². The predicted molar refractivity (Wildman–Crippen MR) is 106 cm³/mol. The van der Waals surface area contributed by atoms with Crippen LogP contribution in [-0.2, 0) is 7.05 Å². The van der Waals surface area contributed by atoms with Crippen molar-refractivity contribution in [1.82, 2.24) is 9.55 Å². The van der Waals surface area contributed by atoms with E-state index in [0.717, 1.165) is 33.4 Å². The molecule has 1 aromatic heterocycles. The molecule has 4 rings (SSSR count). The van der Waals surface area contributed by atoms with E-state index in [-0.39, 0.29) is 11.6 Å². The summed E-state index contributed by atoms with van der Waals surface area (Å²) in [6, 6.07) is 12.3. The smallest absolute Gasteiger partial charge is 0.148 e. The summed E-state index contributed by atoms with van der Waals surface area (Å²) in [5.41, 5.74) is 6.66. The molecule has 3 aromatic rings. The quantitative estimate of drug-likeness (QED) is 0.728. The van der Waals surface area contributed by atoms with E-state index < -0.39 is 0 Å². The number of benzene rings is 2.